The van der Waals surface area contributed by atoms with E-state index in [0.29, 0.717) is 24.9 Å². The standard InChI is InChI=1S/C12H21NO4S/c1-15-11(14)3-7-18-10-8-12(4-2-9(10)13)16-5-6-17-12/h9-10H,2-8,13H2,1H3. The van der Waals surface area contributed by atoms with Crippen LogP contribution in [0.25, 0.3) is 0 Å². The molecule has 2 fully saturated rings. The van der Waals surface area contributed by atoms with Crippen molar-refractivity contribution in [3.63, 3.8) is 0 Å². The maximum absolute atomic E-state index is 11.1. The quantitative estimate of drug-likeness (QED) is 0.769. The third kappa shape index (κ3) is 3.38. The monoisotopic (exact) mass is 275 g/mol. The lowest BCUT2D eigenvalue weighted by molar-refractivity contribution is -0.176. The molecule has 2 rings (SSSR count). The van der Waals surface area contributed by atoms with Crippen LogP contribution in [0, 0.1) is 0 Å². The van der Waals surface area contributed by atoms with E-state index in [1.165, 1.54) is 7.11 Å². The molecule has 0 aromatic heterocycles. The number of nitrogens with two attached hydrogens (primary N) is 1. The number of rotatable bonds is 4. The van der Waals surface area contributed by atoms with E-state index in [0.717, 1.165) is 25.0 Å². The van der Waals surface area contributed by atoms with Crippen LogP contribution in [-0.4, -0.2) is 49.1 Å². The third-order valence-electron chi connectivity index (χ3n) is 3.53. The largest absolute Gasteiger partial charge is 0.469 e. The highest BCUT2D eigenvalue weighted by molar-refractivity contribution is 7.99. The number of carbonyl (C=O) groups excluding carboxylic acids is 1. The Morgan fingerprint density at radius 2 is 2.22 bits per heavy atom. The highest BCUT2D eigenvalue weighted by atomic mass is 32.2. The molecule has 2 N–H and O–H groups in total. The van der Waals surface area contributed by atoms with Crippen molar-refractivity contribution in [1.82, 2.24) is 0 Å². The first-order valence-electron chi connectivity index (χ1n) is 6.37. The minimum Gasteiger partial charge on any atom is -0.469 e. The normalized spacial score (nSPS) is 30.6. The van der Waals surface area contributed by atoms with E-state index >= 15 is 0 Å². The number of ether oxygens (including phenoxy) is 3. The molecule has 2 atom stereocenters. The smallest absolute Gasteiger partial charge is 0.306 e. The fourth-order valence-corrected chi connectivity index (χ4v) is 3.81. The van der Waals surface area contributed by atoms with Crippen LogP contribution >= 0.6 is 11.8 Å². The number of carbonyl (C=O) groups is 1. The van der Waals surface area contributed by atoms with E-state index in [9.17, 15) is 4.79 Å². The first-order valence-corrected chi connectivity index (χ1v) is 7.42. The number of hydrogen-bond donors (Lipinski definition) is 1. The van der Waals surface area contributed by atoms with Crippen molar-refractivity contribution in [2.45, 2.75) is 42.8 Å². The van der Waals surface area contributed by atoms with Gasteiger partial charge >= 0.3 is 5.97 Å². The molecule has 1 saturated heterocycles. The Morgan fingerprint density at radius 3 is 2.89 bits per heavy atom. The summed E-state index contributed by atoms with van der Waals surface area (Å²) < 4.78 is 16.1. The van der Waals surface area contributed by atoms with Gasteiger partial charge < -0.3 is 19.9 Å². The molecule has 5 nitrogen and oxygen atoms in total. The van der Waals surface area contributed by atoms with E-state index in [-0.39, 0.29) is 12.0 Å². The lowest BCUT2D eigenvalue weighted by Crippen LogP contribution is -2.47. The van der Waals surface area contributed by atoms with Crippen LogP contribution in [0.2, 0.25) is 0 Å². The van der Waals surface area contributed by atoms with Gasteiger partial charge in [-0.3, -0.25) is 4.79 Å². The van der Waals surface area contributed by atoms with Gasteiger partial charge in [-0.05, 0) is 6.42 Å². The molecule has 1 spiro atoms. The summed E-state index contributed by atoms with van der Waals surface area (Å²) in [6, 6.07) is 0.158. The highest BCUT2D eigenvalue weighted by Gasteiger charge is 2.44. The maximum atomic E-state index is 11.1. The number of thioether (sulfide) groups is 1. The van der Waals surface area contributed by atoms with E-state index in [4.69, 9.17) is 15.2 Å². The van der Waals surface area contributed by atoms with Gasteiger partial charge in [0.05, 0.1) is 26.7 Å². The van der Waals surface area contributed by atoms with Crippen LogP contribution < -0.4 is 5.73 Å². The maximum Gasteiger partial charge on any atom is 0.306 e. The molecular formula is C12H21NO4S. The number of hydrogen-bond acceptors (Lipinski definition) is 6. The highest BCUT2D eigenvalue weighted by Crippen LogP contribution is 2.39. The van der Waals surface area contributed by atoms with Gasteiger partial charge in [0.15, 0.2) is 5.79 Å². The van der Waals surface area contributed by atoms with Gasteiger partial charge in [0.25, 0.3) is 0 Å². The van der Waals surface area contributed by atoms with E-state index in [1.807, 2.05) is 0 Å². The second kappa shape index (κ2) is 6.23. The number of methoxy groups -OCH3 is 1. The Morgan fingerprint density at radius 1 is 1.50 bits per heavy atom. The van der Waals surface area contributed by atoms with Crippen molar-refractivity contribution < 1.29 is 19.0 Å². The number of esters is 1. The fraction of sp³-hybridized carbons (Fsp3) is 0.917. The van der Waals surface area contributed by atoms with E-state index in [2.05, 4.69) is 4.74 Å². The molecule has 6 heteroatoms. The predicted molar refractivity (Wildman–Crippen MR) is 69.3 cm³/mol. The van der Waals surface area contributed by atoms with Crippen molar-refractivity contribution in [3.8, 4) is 0 Å². The molecule has 1 heterocycles. The van der Waals surface area contributed by atoms with Crippen molar-refractivity contribution in [3.05, 3.63) is 0 Å². The molecule has 0 aromatic carbocycles. The minimum absolute atomic E-state index is 0.158. The van der Waals surface area contributed by atoms with E-state index < -0.39 is 5.79 Å². The average molecular weight is 275 g/mol. The molecule has 18 heavy (non-hydrogen) atoms. The second-order valence-corrected chi connectivity index (χ2v) is 6.10. The lowest BCUT2D eigenvalue weighted by Gasteiger charge is -2.39. The molecule has 104 valence electrons. The Hall–Kier alpha value is -0.300. The molecule has 1 aliphatic carbocycles. The van der Waals surface area contributed by atoms with Crippen LogP contribution in [0.15, 0.2) is 0 Å². The summed E-state index contributed by atoms with van der Waals surface area (Å²) in [5.41, 5.74) is 6.13. The van der Waals surface area contributed by atoms with Crippen LogP contribution in [0.4, 0.5) is 0 Å². The Bertz CT molecular complexity index is 294. The zero-order valence-electron chi connectivity index (χ0n) is 10.7. The Labute approximate surface area is 112 Å². The van der Waals surface area contributed by atoms with Crippen LogP contribution in [0.3, 0.4) is 0 Å². The van der Waals surface area contributed by atoms with Gasteiger partial charge in [0, 0.05) is 29.9 Å². The molecular weight excluding hydrogens is 254 g/mol. The second-order valence-electron chi connectivity index (χ2n) is 4.75. The lowest BCUT2D eigenvalue weighted by atomic mass is 9.90. The Kier molecular flexibility index (Phi) is 4.89. The predicted octanol–water partition coefficient (Wildman–Crippen LogP) is 0.906. The fourth-order valence-electron chi connectivity index (χ4n) is 2.47. The van der Waals surface area contributed by atoms with Gasteiger partial charge in [-0.25, -0.2) is 0 Å². The SMILES string of the molecule is COC(=O)CCSC1CC2(CCC1N)OCCO2. The topological polar surface area (TPSA) is 70.8 Å². The molecule has 0 bridgehead atoms. The first-order chi connectivity index (χ1) is 8.65. The minimum atomic E-state index is -0.404. The van der Waals surface area contributed by atoms with Crippen LogP contribution in [0.5, 0.6) is 0 Å². The zero-order valence-corrected chi connectivity index (χ0v) is 11.5. The molecule has 0 aromatic rings. The summed E-state index contributed by atoms with van der Waals surface area (Å²) in [5.74, 6) is 0.162. The van der Waals surface area contributed by atoms with Gasteiger partial charge in [-0.15, -0.1) is 0 Å². The molecule has 0 amide bonds. The summed E-state index contributed by atoms with van der Waals surface area (Å²) in [5, 5.41) is 0.293. The molecule has 1 aliphatic heterocycles. The summed E-state index contributed by atoms with van der Waals surface area (Å²) >= 11 is 1.72. The van der Waals surface area contributed by atoms with Crippen molar-refractivity contribution in [2.75, 3.05) is 26.1 Å². The van der Waals surface area contributed by atoms with Crippen molar-refractivity contribution in [2.24, 2.45) is 5.73 Å². The van der Waals surface area contributed by atoms with Crippen molar-refractivity contribution in [1.29, 1.82) is 0 Å². The first kappa shape index (κ1) is 14.1. The van der Waals surface area contributed by atoms with Gasteiger partial charge in [0.2, 0.25) is 0 Å². The summed E-state index contributed by atoms with van der Waals surface area (Å²) in [7, 11) is 1.41. The van der Waals surface area contributed by atoms with Crippen molar-refractivity contribution >= 4 is 17.7 Å². The van der Waals surface area contributed by atoms with Gasteiger partial charge in [-0.2, -0.15) is 11.8 Å². The average Bonchev–Trinajstić information content (AvgIpc) is 2.82. The summed E-state index contributed by atoms with van der Waals surface area (Å²) in [4.78, 5) is 11.1. The molecule has 1 saturated carbocycles. The van der Waals surface area contributed by atoms with Gasteiger partial charge in [0.1, 0.15) is 0 Å². The van der Waals surface area contributed by atoms with E-state index in [1.54, 1.807) is 11.8 Å². The van der Waals surface area contributed by atoms with Gasteiger partial charge in [-0.1, -0.05) is 0 Å². The molecule has 2 unspecified atom stereocenters. The zero-order chi connectivity index (χ0) is 13.0. The third-order valence-corrected chi connectivity index (χ3v) is 4.91. The van der Waals surface area contributed by atoms with Crippen LogP contribution in [0.1, 0.15) is 25.7 Å². The summed E-state index contributed by atoms with van der Waals surface area (Å²) in [6.45, 7) is 1.35. The Balaban J connectivity index is 1.80. The summed E-state index contributed by atoms with van der Waals surface area (Å²) in [6.07, 6.45) is 3.04. The molecule has 0 radical (unpaired) electrons. The molecule has 2 aliphatic rings. The van der Waals surface area contributed by atoms with Crippen LogP contribution in [-0.2, 0) is 19.0 Å².